The Balaban J connectivity index is 1.38. The van der Waals surface area contributed by atoms with Gasteiger partial charge in [-0.1, -0.05) is 43.3 Å². The second-order valence-electron chi connectivity index (χ2n) is 7.96. The molecule has 0 aliphatic rings. The first kappa shape index (κ1) is 25.6. The monoisotopic (exact) mass is 530 g/mol. The number of hydrogen-bond acceptors (Lipinski definition) is 5. The highest BCUT2D eigenvalue weighted by Crippen LogP contribution is 2.33. The molecule has 0 atom stereocenters. The van der Waals surface area contributed by atoms with Crippen LogP contribution in [0.3, 0.4) is 0 Å². The number of aromatic nitrogens is 1. The van der Waals surface area contributed by atoms with E-state index < -0.39 is 21.6 Å². The van der Waals surface area contributed by atoms with Gasteiger partial charge in [-0.25, -0.2) is 13.4 Å². The van der Waals surface area contributed by atoms with Gasteiger partial charge in [0.25, 0.3) is 0 Å². The molecule has 0 saturated carbocycles. The molecule has 0 unspecified atom stereocenters. The molecule has 3 aromatic carbocycles. The van der Waals surface area contributed by atoms with Gasteiger partial charge in [0.15, 0.2) is 9.84 Å². The Labute approximate surface area is 210 Å². The number of sulfone groups is 1. The van der Waals surface area contributed by atoms with Crippen LogP contribution < -0.4 is 5.32 Å². The van der Waals surface area contributed by atoms with E-state index in [4.69, 9.17) is 0 Å². The lowest BCUT2D eigenvalue weighted by Crippen LogP contribution is -2.14. The second-order valence-corrected chi connectivity index (χ2v) is 11.1. The summed E-state index contributed by atoms with van der Waals surface area (Å²) in [6.45, 7) is 1.58. The first-order valence-corrected chi connectivity index (χ1v) is 13.4. The third kappa shape index (κ3) is 6.00. The van der Waals surface area contributed by atoms with Crippen LogP contribution >= 0.6 is 11.3 Å². The molecule has 0 bridgehead atoms. The molecule has 0 aliphatic heterocycles. The summed E-state index contributed by atoms with van der Waals surface area (Å²) in [5, 5.41) is 5.23. The fraction of sp³-hybridized carbons (Fsp3) is 0.154. The van der Waals surface area contributed by atoms with Crippen LogP contribution in [0.4, 0.5) is 18.9 Å². The number of rotatable bonds is 7. The highest BCUT2D eigenvalue weighted by molar-refractivity contribution is 7.91. The number of carbonyl (C=O) groups is 1. The molecular formula is C26H21F3N2O3S2. The van der Waals surface area contributed by atoms with Crippen molar-refractivity contribution in [3.05, 3.63) is 89.3 Å². The average Bonchev–Trinajstić information content (AvgIpc) is 3.35. The Morgan fingerprint density at radius 1 is 0.917 bits per heavy atom. The minimum absolute atomic E-state index is 0.0140. The molecule has 4 rings (SSSR count). The van der Waals surface area contributed by atoms with E-state index in [2.05, 4.69) is 10.3 Å². The van der Waals surface area contributed by atoms with Crippen molar-refractivity contribution >= 4 is 32.8 Å². The maximum atomic E-state index is 12.8. The molecule has 10 heteroatoms. The van der Waals surface area contributed by atoms with Crippen molar-refractivity contribution in [3.63, 3.8) is 0 Å². The average molecular weight is 531 g/mol. The van der Waals surface area contributed by atoms with Gasteiger partial charge in [0, 0.05) is 22.2 Å². The molecular weight excluding hydrogens is 509 g/mol. The number of alkyl halides is 3. The Morgan fingerprint density at radius 3 is 2.11 bits per heavy atom. The minimum Gasteiger partial charge on any atom is -0.326 e. The van der Waals surface area contributed by atoms with E-state index in [0.29, 0.717) is 27.5 Å². The number of halogens is 3. The van der Waals surface area contributed by atoms with Gasteiger partial charge in [-0.3, -0.25) is 4.79 Å². The van der Waals surface area contributed by atoms with Crippen LogP contribution in [-0.2, 0) is 27.2 Å². The van der Waals surface area contributed by atoms with Crippen LogP contribution in [-0.4, -0.2) is 25.1 Å². The van der Waals surface area contributed by atoms with Crippen LogP contribution in [0.5, 0.6) is 0 Å². The van der Waals surface area contributed by atoms with E-state index >= 15 is 0 Å². The molecule has 186 valence electrons. The molecule has 5 nitrogen and oxygen atoms in total. The summed E-state index contributed by atoms with van der Waals surface area (Å²) >= 11 is 1.33. The molecule has 0 radical (unpaired) electrons. The molecule has 1 amide bonds. The Morgan fingerprint density at radius 2 is 1.53 bits per heavy atom. The Bertz CT molecular complexity index is 1460. The topological polar surface area (TPSA) is 76.1 Å². The zero-order chi connectivity index (χ0) is 25.9. The van der Waals surface area contributed by atoms with Crippen LogP contribution in [0.15, 0.2) is 83.1 Å². The molecule has 0 fully saturated rings. The van der Waals surface area contributed by atoms with Crippen molar-refractivity contribution in [2.45, 2.75) is 24.4 Å². The summed E-state index contributed by atoms with van der Waals surface area (Å²) in [6, 6.07) is 18.2. The van der Waals surface area contributed by atoms with E-state index in [1.54, 1.807) is 43.3 Å². The number of hydrogen-bond donors (Lipinski definition) is 1. The molecule has 1 aromatic heterocycles. The lowest BCUT2D eigenvalue weighted by molar-refractivity contribution is -0.137. The van der Waals surface area contributed by atoms with E-state index in [1.165, 1.54) is 35.6 Å². The van der Waals surface area contributed by atoms with Gasteiger partial charge in [0.05, 0.1) is 28.3 Å². The van der Waals surface area contributed by atoms with Gasteiger partial charge in [-0.15, -0.1) is 11.3 Å². The predicted molar refractivity (Wildman–Crippen MR) is 134 cm³/mol. The van der Waals surface area contributed by atoms with Crippen LogP contribution in [0.25, 0.3) is 21.8 Å². The summed E-state index contributed by atoms with van der Waals surface area (Å²) in [4.78, 5) is 17.2. The van der Waals surface area contributed by atoms with Gasteiger partial charge in [0.1, 0.15) is 5.01 Å². The quantitative estimate of drug-likeness (QED) is 0.297. The van der Waals surface area contributed by atoms with E-state index in [-0.39, 0.29) is 23.0 Å². The predicted octanol–water partition coefficient (Wildman–Crippen LogP) is 6.47. The molecule has 0 aliphatic carbocycles. The summed E-state index contributed by atoms with van der Waals surface area (Å²) in [5.74, 6) is -0.229. The summed E-state index contributed by atoms with van der Waals surface area (Å²) in [6.07, 6.45) is -4.29. The number of anilines is 1. The molecule has 0 spiro atoms. The SMILES string of the molecule is CCS(=O)(=O)c1ccc(CC(=O)Nc2ccc(-c3csc(-c4ccc(C(F)(F)F)cc4)n3)cc2)cc1. The number of amides is 1. The lowest BCUT2D eigenvalue weighted by Gasteiger charge is -2.07. The number of thiazole rings is 1. The normalized spacial score (nSPS) is 11.9. The lowest BCUT2D eigenvalue weighted by atomic mass is 10.1. The van der Waals surface area contributed by atoms with Gasteiger partial charge in [-0.05, 0) is 42.0 Å². The van der Waals surface area contributed by atoms with Crippen molar-refractivity contribution in [1.29, 1.82) is 0 Å². The van der Waals surface area contributed by atoms with Crippen molar-refractivity contribution in [2.75, 3.05) is 11.1 Å². The largest absolute Gasteiger partial charge is 0.416 e. The van der Waals surface area contributed by atoms with Gasteiger partial charge in [-0.2, -0.15) is 13.2 Å². The third-order valence-electron chi connectivity index (χ3n) is 5.45. The van der Waals surface area contributed by atoms with E-state index in [0.717, 1.165) is 17.7 Å². The highest BCUT2D eigenvalue weighted by atomic mass is 32.2. The summed E-state index contributed by atoms with van der Waals surface area (Å²) in [7, 11) is -3.29. The van der Waals surface area contributed by atoms with Crippen LogP contribution in [0, 0.1) is 0 Å². The number of benzene rings is 3. The van der Waals surface area contributed by atoms with Crippen molar-refractivity contribution in [1.82, 2.24) is 4.98 Å². The maximum absolute atomic E-state index is 12.8. The molecule has 1 heterocycles. The van der Waals surface area contributed by atoms with Crippen molar-refractivity contribution in [3.8, 4) is 21.8 Å². The van der Waals surface area contributed by atoms with Crippen molar-refractivity contribution in [2.24, 2.45) is 0 Å². The number of nitrogens with zero attached hydrogens (tertiary/aromatic N) is 1. The van der Waals surface area contributed by atoms with Gasteiger partial charge >= 0.3 is 6.18 Å². The van der Waals surface area contributed by atoms with Crippen LogP contribution in [0.2, 0.25) is 0 Å². The smallest absolute Gasteiger partial charge is 0.326 e. The minimum atomic E-state index is -4.38. The van der Waals surface area contributed by atoms with Gasteiger partial charge < -0.3 is 5.32 Å². The molecule has 36 heavy (non-hydrogen) atoms. The Kier molecular flexibility index (Phi) is 7.28. The summed E-state index contributed by atoms with van der Waals surface area (Å²) in [5.41, 5.74) is 2.65. The third-order valence-corrected chi connectivity index (χ3v) is 8.10. The van der Waals surface area contributed by atoms with Crippen LogP contribution in [0.1, 0.15) is 18.1 Å². The summed E-state index contributed by atoms with van der Waals surface area (Å²) < 4.78 is 62.1. The highest BCUT2D eigenvalue weighted by Gasteiger charge is 2.30. The molecule has 4 aromatic rings. The van der Waals surface area contributed by atoms with E-state index in [9.17, 15) is 26.4 Å². The van der Waals surface area contributed by atoms with Crippen molar-refractivity contribution < 1.29 is 26.4 Å². The number of carbonyl (C=O) groups excluding carboxylic acids is 1. The zero-order valence-corrected chi connectivity index (χ0v) is 20.7. The first-order chi connectivity index (χ1) is 17.0. The first-order valence-electron chi connectivity index (χ1n) is 10.9. The fourth-order valence-corrected chi connectivity index (χ4v) is 5.16. The molecule has 0 saturated heterocycles. The van der Waals surface area contributed by atoms with E-state index in [1.807, 2.05) is 5.38 Å². The number of nitrogens with one attached hydrogen (secondary N) is 1. The zero-order valence-electron chi connectivity index (χ0n) is 19.0. The standard InChI is InChI=1S/C26H21F3N2O3S2/c1-2-36(33,34)22-13-3-17(4-14-22)15-24(32)30-21-11-7-18(8-12-21)23-16-35-25(31-23)19-5-9-20(10-6-19)26(27,28)29/h3-14,16H,2,15H2,1H3,(H,30,32). The Hall–Kier alpha value is -3.50. The van der Waals surface area contributed by atoms with Gasteiger partial charge in [0.2, 0.25) is 5.91 Å². The molecule has 1 N–H and O–H groups in total. The maximum Gasteiger partial charge on any atom is 0.416 e. The second kappa shape index (κ2) is 10.2. The fourth-order valence-electron chi connectivity index (χ4n) is 3.44.